The minimum atomic E-state index is -0.196. The molecule has 2 aromatic carbocycles. The van der Waals surface area contributed by atoms with Crippen LogP contribution in [0.15, 0.2) is 46.9 Å². The summed E-state index contributed by atoms with van der Waals surface area (Å²) in [6.07, 6.45) is 0.946. The Labute approximate surface area is 122 Å². The first-order chi connectivity index (χ1) is 9.10. The van der Waals surface area contributed by atoms with Crippen molar-refractivity contribution in [2.75, 3.05) is 5.32 Å². The molecule has 0 aliphatic carbocycles. The lowest BCUT2D eigenvalue weighted by atomic mass is 10.0. The van der Waals surface area contributed by atoms with Crippen molar-refractivity contribution in [3.8, 4) is 0 Å². The summed E-state index contributed by atoms with van der Waals surface area (Å²) in [5.41, 5.74) is 3.40. The molecule has 1 unspecified atom stereocenters. The van der Waals surface area contributed by atoms with Crippen molar-refractivity contribution < 1.29 is 4.39 Å². The lowest BCUT2D eigenvalue weighted by Crippen LogP contribution is -2.10. The molecule has 0 radical (unpaired) electrons. The number of benzene rings is 2. The first-order valence-corrected chi connectivity index (χ1v) is 7.17. The maximum atomic E-state index is 13.0. The van der Waals surface area contributed by atoms with Crippen LogP contribution >= 0.6 is 15.9 Å². The van der Waals surface area contributed by atoms with Crippen LogP contribution in [0.5, 0.6) is 0 Å². The summed E-state index contributed by atoms with van der Waals surface area (Å²) in [4.78, 5) is 0. The molecule has 1 atom stereocenters. The van der Waals surface area contributed by atoms with Crippen molar-refractivity contribution in [2.45, 2.75) is 26.3 Å². The van der Waals surface area contributed by atoms with Gasteiger partial charge in [-0.1, -0.05) is 35.0 Å². The third kappa shape index (κ3) is 3.57. The zero-order valence-corrected chi connectivity index (χ0v) is 12.7. The van der Waals surface area contributed by atoms with Gasteiger partial charge in [0.1, 0.15) is 5.82 Å². The van der Waals surface area contributed by atoms with E-state index in [0.29, 0.717) is 0 Å². The number of aryl methyl sites for hydroxylation is 1. The van der Waals surface area contributed by atoms with Gasteiger partial charge < -0.3 is 5.32 Å². The molecule has 0 aromatic heterocycles. The van der Waals surface area contributed by atoms with Gasteiger partial charge in [-0.15, -0.1) is 0 Å². The molecule has 1 N–H and O–H groups in total. The van der Waals surface area contributed by atoms with Crippen molar-refractivity contribution >= 4 is 21.6 Å². The summed E-state index contributed by atoms with van der Waals surface area (Å²) in [6, 6.07) is 13.1. The van der Waals surface area contributed by atoms with Crippen LogP contribution in [-0.4, -0.2) is 0 Å². The Hall–Kier alpha value is -1.35. The minimum absolute atomic E-state index is 0.195. The fourth-order valence-electron chi connectivity index (χ4n) is 2.09. The van der Waals surface area contributed by atoms with Crippen LogP contribution in [0, 0.1) is 12.7 Å². The number of hydrogen-bond donors (Lipinski definition) is 1. The molecule has 19 heavy (non-hydrogen) atoms. The molecule has 100 valence electrons. The third-order valence-electron chi connectivity index (χ3n) is 3.20. The van der Waals surface area contributed by atoms with E-state index in [4.69, 9.17) is 0 Å². The van der Waals surface area contributed by atoms with E-state index in [1.807, 2.05) is 18.2 Å². The normalized spacial score (nSPS) is 12.2. The van der Waals surface area contributed by atoms with Gasteiger partial charge in [-0.3, -0.25) is 0 Å². The fourth-order valence-corrected chi connectivity index (χ4v) is 2.57. The van der Waals surface area contributed by atoms with Gasteiger partial charge in [-0.25, -0.2) is 4.39 Å². The molecule has 0 heterocycles. The second-order valence-electron chi connectivity index (χ2n) is 4.62. The van der Waals surface area contributed by atoms with E-state index in [1.165, 1.54) is 17.7 Å². The van der Waals surface area contributed by atoms with E-state index < -0.39 is 0 Å². The van der Waals surface area contributed by atoms with Crippen molar-refractivity contribution in [1.82, 2.24) is 0 Å². The van der Waals surface area contributed by atoms with E-state index >= 15 is 0 Å². The van der Waals surface area contributed by atoms with Crippen LogP contribution in [-0.2, 0) is 0 Å². The molecule has 0 saturated heterocycles. The molecular weight excluding hydrogens is 305 g/mol. The van der Waals surface area contributed by atoms with Gasteiger partial charge in [0.15, 0.2) is 0 Å². The van der Waals surface area contributed by atoms with Gasteiger partial charge in [0, 0.05) is 10.2 Å². The molecule has 0 aliphatic heterocycles. The summed E-state index contributed by atoms with van der Waals surface area (Å²) in [5, 5.41) is 3.52. The van der Waals surface area contributed by atoms with Gasteiger partial charge in [0.2, 0.25) is 0 Å². The molecule has 1 nitrogen and oxygen atoms in total. The predicted octanol–water partition coefficient (Wildman–Crippen LogP) is 5.46. The van der Waals surface area contributed by atoms with Gasteiger partial charge in [-0.2, -0.15) is 0 Å². The highest BCUT2D eigenvalue weighted by Gasteiger charge is 2.10. The maximum Gasteiger partial charge on any atom is 0.123 e. The van der Waals surface area contributed by atoms with Gasteiger partial charge in [-0.05, 0) is 54.8 Å². The Bertz CT molecular complexity index is 551. The number of hydrogen-bond acceptors (Lipinski definition) is 1. The van der Waals surface area contributed by atoms with Crippen LogP contribution < -0.4 is 5.32 Å². The van der Waals surface area contributed by atoms with Crippen molar-refractivity contribution in [3.63, 3.8) is 0 Å². The molecule has 0 aliphatic rings. The number of halogens is 2. The Kier molecular flexibility index (Phi) is 4.59. The van der Waals surface area contributed by atoms with Gasteiger partial charge >= 0.3 is 0 Å². The Morgan fingerprint density at radius 1 is 1.16 bits per heavy atom. The third-order valence-corrected chi connectivity index (χ3v) is 3.69. The van der Waals surface area contributed by atoms with Gasteiger partial charge in [0.05, 0.1) is 6.04 Å². The summed E-state index contributed by atoms with van der Waals surface area (Å²) in [7, 11) is 0. The average Bonchev–Trinajstić information content (AvgIpc) is 2.39. The SMILES string of the molecule is CCC(Nc1ccc(Br)cc1C)c1ccc(F)cc1. The second kappa shape index (κ2) is 6.20. The molecule has 2 rings (SSSR count). The van der Waals surface area contributed by atoms with E-state index in [1.54, 1.807) is 0 Å². The van der Waals surface area contributed by atoms with Crippen LogP contribution in [0.1, 0.15) is 30.5 Å². The molecule has 0 bridgehead atoms. The van der Waals surface area contributed by atoms with Crippen molar-refractivity contribution in [3.05, 3.63) is 63.9 Å². The Morgan fingerprint density at radius 2 is 1.84 bits per heavy atom. The topological polar surface area (TPSA) is 12.0 Å². The summed E-state index contributed by atoms with van der Waals surface area (Å²) >= 11 is 3.46. The largest absolute Gasteiger partial charge is 0.378 e. The molecule has 0 amide bonds. The summed E-state index contributed by atoms with van der Waals surface area (Å²) in [6.45, 7) is 4.19. The van der Waals surface area contributed by atoms with E-state index in [9.17, 15) is 4.39 Å². The van der Waals surface area contributed by atoms with E-state index in [-0.39, 0.29) is 11.9 Å². The molecule has 3 heteroatoms. The molecular formula is C16H17BrFN. The van der Waals surface area contributed by atoms with Crippen LogP contribution in [0.25, 0.3) is 0 Å². The summed E-state index contributed by atoms with van der Waals surface area (Å²) in [5.74, 6) is -0.196. The lowest BCUT2D eigenvalue weighted by Gasteiger charge is -2.20. The first kappa shape index (κ1) is 14.1. The Balaban J connectivity index is 2.21. The number of rotatable bonds is 4. The van der Waals surface area contributed by atoms with Crippen LogP contribution in [0.4, 0.5) is 10.1 Å². The standard InChI is InChI=1S/C16H17BrFN/c1-3-15(12-4-7-14(18)8-5-12)19-16-9-6-13(17)10-11(16)2/h4-10,15,19H,3H2,1-2H3. The molecule has 0 fully saturated rings. The average molecular weight is 322 g/mol. The number of nitrogens with one attached hydrogen (secondary N) is 1. The zero-order valence-electron chi connectivity index (χ0n) is 11.1. The van der Waals surface area contributed by atoms with Crippen LogP contribution in [0.3, 0.4) is 0 Å². The Morgan fingerprint density at radius 3 is 2.42 bits per heavy atom. The maximum absolute atomic E-state index is 13.0. The highest BCUT2D eigenvalue weighted by molar-refractivity contribution is 9.10. The lowest BCUT2D eigenvalue weighted by molar-refractivity contribution is 0.625. The predicted molar refractivity (Wildman–Crippen MR) is 81.9 cm³/mol. The highest BCUT2D eigenvalue weighted by Crippen LogP contribution is 2.26. The van der Waals surface area contributed by atoms with Crippen LogP contribution in [0.2, 0.25) is 0 Å². The number of anilines is 1. The summed E-state index contributed by atoms with van der Waals surface area (Å²) < 4.78 is 14.0. The molecule has 2 aromatic rings. The molecule has 0 spiro atoms. The van der Waals surface area contributed by atoms with Crippen molar-refractivity contribution in [1.29, 1.82) is 0 Å². The second-order valence-corrected chi connectivity index (χ2v) is 5.53. The monoisotopic (exact) mass is 321 g/mol. The first-order valence-electron chi connectivity index (χ1n) is 6.38. The quantitative estimate of drug-likeness (QED) is 0.788. The van der Waals surface area contributed by atoms with E-state index in [2.05, 4.69) is 47.2 Å². The highest BCUT2D eigenvalue weighted by atomic mass is 79.9. The zero-order chi connectivity index (χ0) is 13.8. The van der Waals surface area contributed by atoms with Gasteiger partial charge in [0.25, 0.3) is 0 Å². The smallest absolute Gasteiger partial charge is 0.123 e. The minimum Gasteiger partial charge on any atom is -0.378 e. The van der Waals surface area contributed by atoms with Crippen molar-refractivity contribution in [2.24, 2.45) is 0 Å². The van der Waals surface area contributed by atoms with E-state index in [0.717, 1.165) is 22.1 Å². The fraction of sp³-hybridized carbons (Fsp3) is 0.250. The molecule has 0 saturated carbocycles.